The molecule has 1 aromatic rings. The van der Waals surface area contributed by atoms with Gasteiger partial charge in [-0.2, -0.15) is 0 Å². The molecule has 0 amide bonds. The van der Waals surface area contributed by atoms with Gasteiger partial charge in [0.15, 0.2) is 0 Å². The number of aryl methyl sites for hydroxylation is 2. The van der Waals surface area contributed by atoms with Crippen LogP contribution in [0.1, 0.15) is 56.3 Å². The van der Waals surface area contributed by atoms with Gasteiger partial charge >= 0.3 is 0 Å². The average Bonchev–Trinajstić information content (AvgIpc) is 2.45. The number of fused-ring (bicyclic) bond motifs is 1. The van der Waals surface area contributed by atoms with Gasteiger partial charge in [-0.05, 0) is 63.1 Å². The number of hydrogen-bond donors (Lipinski definition) is 1. The normalized spacial score (nSPS) is 19.6. The Kier molecular flexibility index (Phi) is 5.00. The minimum Gasteiger partial charge on any atom is -0.380 e. The van der Waals surface area contributed by atoms with Crippen molar-refractivity contribution in [2.24, 2.45) is 0 Å². The first-order valence-electron chi connectivity index (χ1n) is 7.52. The largest absolute Gasteiger partial charge is 0.380 e. The molecule has 0 aliphatic heterocycles. The molecule has 0 heterocycles. The summed E-state index contributed by atoms with van der Waals surface area (Å²) < 4.78 is 5.38. The monoisotopic (exact) mass is 261 g/mol. The van der Waals surface area contributed by atoms with E-state index in [0.717, 1.165) is 0 Å². The van der Waals surface area contributed by atoms with E-state index in [1.54, 1.807) is 18.2 Å². The molecule has 1 aromatic carbocycles. The van der Waals surface area contributed by atoms with Crippen LogP contribution in [-0.4, -0.2) is 19.3 Å². The van der Waals surface area contributed by atoms with Gasteiger partial charge in [0.05, 0.1) is 6.10 Å². The topological polar surface area (TPSA) is 21.3 Å². The molecule has 3 atom stereocenters. The van der Waals surface area contributed by atoms with E-state index in [2.05, 4.69) is 44.3 Å². The van der Waals surface area contributed by atoms with Gasteiger partial charge in [0.2, 0.25) is 0 Å². The highest BCUT2D eigenvalue weighted by molar-refractivity contribution is 5.35. The molecule has 2 nitrogen and oxygen atoms in total. The maximum Gasteiger partial charge on any atom is 0.0693 e. The molecular weight excluding hydrogens is 234 g/mol. The van der Waals surface area contributed by atoms with Crippen LogP contribution in [0, 0.1) is 0 Å². The van der Waals surface area contributed by atoms with Crippen LogP contribution in [0.4, 0.5) is 0 Å². The van der Waals surface area contributed by atoms with E-state index < -0.39 is 0 Å². The lowest BCUT2D eigenvalue weighted by atomic mass is 9.89. The molecule has 0 spiro atoms. The van der Waals surface area contributed by atoms with E-state index in [0.29, 0.717) is 12.1 Å². The predicted molar refractivity (Wildman–Crippen MR) is 80.6 cm³/mol. The zero-order valence-corrected chi connectivity index (χ0v) is 12.7. The molecule has 0 bridgehead atoms. The summed E-state index contributed by atoms with van der Waals surface area (Å²) in [6.45, 7) is 6.53. The number of benzene rings is 1. The minimum atomic E-state index is 0.236. The van der Waals surface area contributed by atoms with Gasteiger partial charge in [-0.1, -0.05) is 18.2 Å². The van der Waals surface area contributed by atoms with Crippen LogP contribution >= 0.6 is 0 Å². The highest BCUT2D eigenvalue weighted by Gasteiger charge is 2.16. The van der Waals surface area contributed by atoms with Crippen LogP contribution in [0.2, 0.25) is 0 Å². The molecule has 3 unspecified atom stereocenters. The summed E-state index contributed by atoms with van der Waals surface area (Å²) in [6.07, 6.45) is 5.44. The highest BCUT2D eigenvalue weighted by atomic mass is 16.5. The van der Waals surface area contributed by atoms with Gasteiger partial charge in [0.25, 0.3) is 0 Å². The molecule has 0 fully saturated rings. The smallest absolute Gasteiger partial charge is 0.0693 e. The maximum atomic E-state index is 5.38. The van der Waals surface area contributed by atoms with Crippen molar-refractivity contribution >= 4 is 0 Å². The van der Waals surface area contributed by atoms with E-state index in [4.69, 9.17) is 4.74 Å². The quantitative estimate of drug-likeness (QED) is 0.873. The Morgan fingerprint density at radius 3 is 2.42 bits per heavy atom. The van der Waals surface area contributed by atoms with Gasteiger partial charge in [-0.25, -0.2) is 0 Å². The Morgan fingerprint density at radius 1 is 1.05 bits per heavy atom. The molecule has 0 saturated heterocycles. The van der Waals surface area contributed by atoms with E-state index in [-0.39, 0.29) is 6.10 Å². The number of hydrogen-bond acceptors (Lipinski definition) is 2. The van der Waals surface area contributed by atoms with Crippen LogP contribution in [0.5, 0.6) is 0 Å². The van der Waals surface area contributed by atoms with E-state index in [9.17, 15) is 0 Å². The van der Waals surface area contributed by atoms with Gasteiger partial charge in [0, 0.05) is 19.2 Å². The zero-order valence-electron chi connectivity index (χ0n) is 12.7. The van der Waals surface area contributed by atoms with Crippen LogP contribution in [-0.2, 0) is 17.6 Å². The molecule has 0 saturated carbocycles. The summed E-state index contributed by atoms with van der Waals surface area (Å²) in [4.78, 5) is 0. The lowest BCUT2D eigenvalue weighted by Crippen LogP contribution is -2.38. The maximum absolute atomic E-state index is 5.38. The summed E-state index contributed by atoms with van der Waals surface area (Å²) in [7, 11) is 1.77. The fourth-order valence-corrected chi connectivity index (χ4v) is 2.85. The lowest BCUT2D eigenvalue weighted by molar-refractivity contribution is 0.0852. The molecule has 1 aliphatic rings. The van der Waals surface area contributed by atoms with Crippen LogP contribution < -0.4 is 5.32 Å². The third-order valence-corrected chi connectivity index (χ3v) is 4.46. The number of ether oxygens (including phenoxy) is 1. The predicted octanol–water partition coefficient (Wildman–Crippen LogP) is 3.64. The summed E-state index contributed by atoms with van der Waals surface area (Å²) in [6, 6.07) is 7.74. The Balaban J connectivity index is 2.05. The Morgan fingerprint density at radius 2 is 1.74 bits per heavy atom. The molecule has 106 valence electrons. The third-order valence-electron chi connectivity index (χ3n) is 4.46. The summed E-state index contributed by atoms with van der Waals surface area (Å²) in [5, 5.41) is 3.63. The molecule has 1 N–H and O–H groups in total. The van der Waals surface area contributed by atoms with Crippen molar-refractivity contribution in [1.82, 2.24) is 5.32 Å². The van der Waals surface area contributed by atoms with Gasteiger partial charge in [0.1, 0.15) is 0 Å². The van der Waals surface area contributed by atoms with Crippen molar-refractivity contribution in [1.29, 1.82) is 0 Å². The first kappa shape index (κ1) is 14.5. The zero-order chi connectivity index (χ0) is 13.8. The van der Waals surface area contributed by atoms with E-state index in [1.165, 1.54) is 31.2 Å². The van der Waals surface area contributed by atoms with Crippen LogP contribution in [0.25, 0.3) is 0 Å². The second kappa shape index (κ2) is 6.53. The molecule has 2 rings (SSSR count). The molecule has 0 radical (unpaired) electrons. The SMILES string of the molecule is COC(C)C(C)NC(C)c1ccc2c(c1)CCCC2. The fourth-order valence-electron chi connectivity index (χ4n) is 2.85. The van der Waals surface area contributed by atoms with Gasteiger partial charge in [-0.15, -0.1) is 0 Å². The molecular formula is C17H27NO. The fraction of sp³-hybridized carbons (Fsp3) is 0.647. The third kappa shape index (κ3) is 3.58. The second-order valence-corrected chi connectivity index (χ2v) is 5.85. The van der Waals surface area contributed by atoms with E-state index in [1.807, 2.05) is 0 Å². The second-order valence-electron chi connectivity index (χ2n) is 5.85. The van der Waals surface area contributed by atoms with Crippen molar-refractivity contribution in [3.63, 3.8) is 0 Å². The van der Waals surface area contributed by atoms with Crippen LogP contribution in [0.3, 0.4) is 0 Å². The Bertz CT molecular complexity index is 416. The van der Waals surface area contributed by atoms with Crippen molar-refractivity contribution in [2.45, 2.75) is 64.6 Å². The van der Waals surface area contributed by atoms with Crippen LogP contribution in [0.15, 0.2) is 18.2 Å². The van der Waals surface area contributed by atoms with E-state index >= 15 is 0 Å². The van der Waals surface area contributed by atoms with Crippen molar-refractivity contribution in [3.05, 3.63) is 34.9 Å². The average molecular weight is 261 g/mol. The molecule has 1 aliphatic carbocycles. The highest BCUT2D eigenvalue weighted by Crippen LogP contribution is 2.25. The molecule has 0 aromatic heterocycles. The Hall–Kier alpha value is -0.860. The van der Waals surface area contributed by atoms with Crippen molar-refractivity contribution in [2.75, 3.05) is 7.11 Å². The van der Waals surface area contributed by atoms with Gasteiger partial charge < -0.3 is 10.1 Å². The Labute approximate surface area is 117 Å². The number of methoxy groups -OCH3 is 1. The van der Waals surface area contributed by atoms with Gasteiger partial charge in [-0.3, -0.25) is 0 Å². The summed E-state index contributed by atoms with van der Waals surface area (Å²) in [5.41, 5.74) is 4.51. The first-order valence-corrected chi connectivity index (χ1v) is 7.52. The molecule has 19 heavy (non-hydrogen) atoms. The number of rotatable bonds is 5. The summed E-state index contributed by atoms with van der Waals surface area (Å²) >= 11 is 0. The summed E-state index contributed by atoms with van der Waals surface area (Å²) in [5.74, 6) is 0. The van der Waals surface area contributed by atoms with Crippen molar-refractivity contribution in [3.8, 4) is 0 Å². The standard InChI is InChI=1S/C17H27NO/c1-12(14(3)19-4)18-13(2)16-10-9-15-7-5-6-8-17(15)11-16/h9-14,18H,5-8H2,1-4H3. The van der Waals surface area contributed by atoms with Crippen molar-refractivity contribution < 1.29 is 4.74 Å². The first-order chi connectivity index (χ1) is 9.11. The lowest BCUT2D eigenvalue weighted by Gasteiger charge is -2.26. The number of nitrogens with one attached hydrogen (secondary N) is 1. The minimum absolute atomic E-state index is 0.236. The molecule has 2 heteroatoms.